The number of aromatic hydroxyl groups is 1. The first-order valence-corrected chi connectivity index (χ1v) is 9.64. The molecular formula is C22H25N3O2. The maximum absolute atomic E-state index is 10.5. The molecule has 5 heteroatoms. The summed E-state index contributed by atoms with van der Waals surface area (Å²) in [6.45, 7) is 1.86. The van der Waals surface area contributed by atoms with Gasteiger partial charge in [0.15, 0.2) is 5.82 Å². The van der Waals surface area contributed by atoms with Gasteiger partial charge in [-0.05, 0) is 69.2 Å². The number of benzene rings is 1. The molecule has 140 valence electrons. The number of phenolic OH excluding ortho intramolecular Hbond substituents is 1. The number of phenols is 1. The molecule has 5 nitrogen and oxygen atoms in total. The predicted molar refractivity (Wildman–Crippen MR) is 106 cm³/mol. The van der Waals surface area contributed by atoms with Gasteiger partial charge >= 0.3 is 0 Å². The van der Waals surface area contributed by atoms with E-state index in [0.717, 1.165) is 50.0 Å². The van der Waals surface area contributed by atoms with Crippen molar-refractivity contribution in [2.45, 2.75) is 63.5 Å². The van der Waals surface area contributed by atoms with E-state index < -0.39 is 5.60 Å². The van der Waals surface area contributed by atoms with E-state index in [2.05, 4.69) is 21.4 Å². The van der Waals surface area contributed by atoms with Crippen LogP contribution >= 0.6 is 0 Å². The maximum Gasteiger partial charge on any atom is 0.152 e. The Morgan fingerprint density at radius 3 is 2.56 bits per heavy atom. The normalized spacial score (nSPS) is 24.3. The van der Waals surface area contributed by atoms with Crippen molar-refractivity contribution in [3.63, 3.8) is 0 Å². The number of nitrogens with zero attached hydrogens (tertiary/aromatic N) is 2. The summed E-state index contributed by atoms with van der Waals surface area (Å²) in [6.07, 6.45) is 12.1. The highest BCUT2D eigenvalue weighted by atomic mass is 16.3. The maximum atomic E-state index is 10.5. The van der Waals surface area contributed by atoms with Crippen molar-refractivity contribution in [1.29, 1.82) is 0 Å². The highest BCUT2D eigenvalue weighted by Gasteiger charge is 2.39. The fourth-order valence-electron chi connectivity index (χ4n) is 4.28. The summed E-state index contributed by atoms with van der Waals surface area (Å²) in [6, 6.07) is 5.48. The number of nitrogens with one attached hydrogen (secondary N) is 1. The third-order valence-corrected chi connectivity index (χ3v) is 5.67. The number of hydrogen-bond donors (Lipinski definition) is 3. The highest BCUT2D eigenvalue weighted by molar-refractivity contribution is 5.73. The molecule has 1 aromatic heterocycles. The summed E-state index contributed by atoms with van der Waals surface area (Å²) in [7, 11) is 0. The van der Waals surface area contributed by atoms with Crippen LogP contribution < -0.4 is 5.32 Å². The van der Waals surface area contributed by atoms with Crippen molar-refractivity contribution < 1.29 is 10.2 Å². The van der Waals surface area contributed by atoms with Crippen LogP contribution in [0.15, 0.2) is 18.2 Å². The van der Waals surface area contributed by atoms with E-state index in [0.29, 0.717) is 11.1 Å². The Morgan fingerprint density at radius 2 is 1.89 bits per heavy atom. The molecule has 1 saturated carbocycles. The van der Waals surface area contributed by atoms with Crippen LogP contribution in [0.25, 0.3) is 11.3 Å². The summed E-state index contributed by atoms with van der Waals surface area (Å²) >= 11 is 0. The Bertz CT molecular complexity index is 907. The number of aromatic nitrogens is 2. The zero-order chi connectivity index (χ0) is 19.0. The molecule has 0 unspecified atom stereocenters. The molecule has 3 N–H and O–H groups in total. The topological polar surface area (TPSA) is 78.3 Å². The average Bonchev–Trinajstić information content (AvgIpc) is 2.87. The summed E-state index contributed by atoms with van der Waals surface area (Å²) in [5, 5.41) is 32.9. The zero-order valence-electron chi connectivity index (χ0n) is 15.6. The zero-order valence-corrected chi connectivity index (χ0v) is 15.6. The van der Waals surface area contributed by atoms with Crippen LogP contribution in [0.2, 0.25) is 0 Å². The lowest BCUT2D eigenvalue weighted by Crippen LogP contribution is -2.48. The molecule has 27 heavy (non-hydrogen) atoms. The van der Waals surface area contributed by atoms with Crippen molar-refractivity contribution in [2.75, 3.05) is 5.32 Å². The lowest BCUT2D eigenvalue weighted by molar-refractivity contribution is -0.0235. The van der Waals surface area contributed by atoms with Crippen LogP contribution in [0.1, 0.15) is 55.7 Å². The fourth-order valence-corrected chi connectivity index (χ4v) is 4.28. The van der Waals surface area contributed by atoms with Crippen LogP contribution in [-0.2, 0) is 12.8 Å². The first-order chi connectivity index (χ1) is 13.0. The minimum Gasteiger partial charge on any atom is -0.507 e. The molecule has 0 atom stereocenters. The second kappa shape index (κ2) is 6.86. The minimum absolute atomic E-state index is 0.141. The molecule has 2 aliphatic carbocycles. The van der Waals surface area contributed by atoms with Crippen LogP contribution in [0, 0.1) is 12.3 Å². The first kappa shape index (κ1) is 17.8. The number of terminal acetylenes is 1. The summed E-state index contributed by atoms with van der Waals surface area (Å²) in [5.74, 6) is 3.51. The van der Waals surface area contributed by atoms with E-state index >= 15 is 0 Å². The minimum atomic E-state index is -0.577. The van der Waals surface area contributed by atoms with Gasteiger partial charge in [0, 0.05) is 22.7 Å². The fraction of sp³-hybridized carbons (Fsp3) is 0.455. The third kappa shape index (κ3) is 3.50. The Kier molecular flexibility index (Phi) is 4.53. The van der Waals surface area contributed by atoms with E-state index in [1.807, 2.05) is 19.1 Å². The molecule has 2 aliphatic rings. The van der Waals surface area contributed by atoms with Gasteiger partial charge < -0.3 is 15.5 Å². The van der Waals surface area contributed by atoms with Crippen molar-refractivity contribution >= 4 is 5.82 Å². The predicted octanol–water partition coefficient (Wildman–Crippen LogP) is 3.42. The second-order valence-corrected chi connectivity index (χ2v) is 8.04. The van der Waals surface area contributed by atoms with Crippen molar-refractivity contribution in [2.24, 2.45) is 0 Å². The molecule has 1 aromatic carbocycles. The molecule has 0 amide bonds. The lowest BCUT2D eigenvalue weighted by Gasteiger charge is -2.41. The molecule has 1 heterocycles. The van der Waals surface area contributed by atoms with E-state index in [4.69, 9.17) is 6.42 Å². The Balaban J connectivity index is 1.73. The van der Waals surface area contributed by atoms with Crippen LogP contribution in [-0.4, -0.2) is 32.1 Å². The first-order valence-electron chi connectivity index (χ1n) is 9.64. The summed E-state index contributed by atoms with van der Waals surface area (Å²) in [4.78, 5) is 0. The number of rotatable bonds is 3. The highest BCUT2D eigenvalue weighted by Crippen LogP contribution is 2.38. The van der Waals surface area contributed by atoms with Crippen molar-refractivity contribution in [1.82, 2.24) is 10.2 Å². The summed E-state index contributed by atoms with van der Waals surface area (Å²) in [5.41, 5.74) is 3.86. The third-order valence-electron chi connectivity index (χ3n) is 5.67. The second-order valence-electron chi connectivity index (χ2n) is 8.04. The smallest absolute Gasteiger partial charge is 0.152 e. The van der Waals surface area contributed by atoms with Gasteiger partial charge in [0.2, 0.25) is 0 Å². The molecule has 1 fully saturated rings. The quantitative estimate of drug-likeness (QED) is 0.575. The lowest BCUT2D eigenvalue weighted by atomic mass is 9.77. The Morgan fingerprint density at radius 1 is 1.15 bits per heavy atom. The van der Waals surface area contributed by atoms with Crippen LogP contribution in [0.3, 0.4) is 0 Å². The number of hydrogen-bond acceptors (Lipinski definition) is 5. The SMILES string of the molecule is C#Cc1ccc(-c2nnc(NC3CC(C)(O)C3)c3c2CCCCC3)c(O)c1. The molecule has 0 radical (unpaired) electrons. The van der Waals surface area contributed by atoms with Gasteiger partial charge in [-0.25, -0.2) is 0 Å². The molecule has 0 spiro atoms. The Hall–Kier alpha value is -2.58. The molecule has 2 aromatic rings. The van der Waals surface area contributed by atoms with E-state index in [1.54, 1.807) is 6.07 Å². The van der Waals surface area contributed by atoms with Gasteiger partial charge in [0.1, 0.15) is 11.4 Å². The van der Waals surface area contributed by atoms with Gasteiger partial charge in [0.05, 0.1) is 5.60 Å². The molecular weight excluding hydrogens is 338 g/mol. The van der Waals surface area contributed by atoms with E-state index in [-0.39, 0.29) is 11.8 Å². The monoisotopic (exact) mass is 363 g/mol. The van der Waals surface area contributed by atoms with E-state index in [1.165, 1.54) is 17.5 Å². The molecule has 4 rings (SSSR count). The van der Waals surface area contributed by atoms with Gasteiger partial charge in [-0.2, -0.15) is 0 Å². The average molecular weight is 363 g/mol. The van der Waals surface area contributed by atoms with Crippen molar-refractivity contribution in [3.8, 4) is 29.4 Å². The largest absolute Gasteiger partial charge is 0.507 e. The van der Waals surface area contributed by atoms with Crippen LogP contribution in [0.5, 0.6) is 5.75 Å². The number of fused-ring (bicyclic) bond motifs is 1. The van der Waals surface area contributed by atoms with Crippen LogP contribution in [0.4, 0.5) is 5.82 Å². The van der Waals surface area contributed by atoms with Gasteiger partial charge in [-0.15, -0.1) is 16.6 Å². The Labute approximate surface area is 159 Å². The van der Waals surface area contributed by atoms with Gasteiger partial charge in [-0.3, -0.25) is 0 Å². The molecule has 0 bridgehead atoms. The standard InChI is InChI=1S/C22H25N3O2/c1-3-14-9-10-18(19(26)11-14)20-16-7-5-4-6-8-17(16)21(25-24-20)23-15-12-22(2,27)13-15/h1,9-11,15,26-27H,4-8,12-13H2,2H3,(H,23,25). The number of anilines is 1. The van der Waals surface area contributed by atoms with Gasteiger partial charge in [-0.1, -0.05) is 12.3 Å². The number of aliphatic hydroxyl groups is 1. The van der Waals surface area contributed by atoms with E-state index in [9.17, 15) is 10.2 Å². The molecule has 0 saturated heterocycles. The van der Waals surface area contributed by atoms with Crippen molar-refractivity contribution in [3.05, 3.63) is 34.9 Å². The summed E-state index contributed by atoms with van der Waals surface area (Å²) < 4.78 is 0. The van der Waals surface area contributed by atoms with Gasteiger partial charge in [0.25, 0.3) is 0 Å². The molecule has 0 aliphatic heterocycles.